The molecule has 45 heavy (non-hydrogen) atoms. The molecule has 0 aromatic carbocycles. The van der Waals surface area contributed by atoms with Gasteiger partial charge in [0.05, 0.1) is 17.6 Å². The van der Waals surface area contributed by atoms with Crippen LogP contribution in [0.3, 0.4) is 0 Å². The van der Waals surface area contributed by atoms with Crippen molar-refractivity contribution >= 4 is 17.7 Å². The van der Waals surface area contributed by atoms with Gasteiger partial charge in [-0.25, -0.2) is 4.79 Å². The summed E-state index contributed by atoms with van der Waals surface area (Å²) < 4.78 is 12.1. The maximum absolute atomic E-state index is 14.6. The van der Waals surface area contributed by atoms with Crippen molar-refractivity contribution < 1.29 is 44.3 Å². The number of ketones is 1. The van der Waals surface area contributed by atoms with Crippen molar-refractivity contribution in [3.63, 3.8) is 0 Å². The van der Waals surface area contributed by atoms with Crippen LogP contribution in [0.2, 0.25) is 0 Å². The first-order chi connectivity index (χ1) is 20.7. The number of carbonyl (C=O) groups excluding carboxylic acids is 1. The molecular weight excluding hydrogens is 576 g/mol. The first kappa shape index (κ1) is 33.1. The van der Waals surface area contributed by atoms with Gasteiger partial charge in [0.1, 0.15) is 6.10 Å². The van der Waals surface area contributed by atoms with Crippen molar-refractivity contribution in [2.45, 2.75) is 143 Å². The number of aliphatic hydroxyl groups excluding tert-OH is 2. The molecule has 5 aliphatic carbocycles. The first-order valence-electron chi connectivity index (χ1n) is 17.1. The Labute approximate surface area is 267 Å². The highest BCUT2D eigenvalue weighted by molar-refractivity contribution is 5.95. The molecule has 0 unspecified atom stereocenters. The van der Waals surface area contributed by atoms with Gasteiger partial charge in [0.2, 0.25) is 0 Å². The molecule has 4 saturated carbocycles. The number of aliphatic carboxylic acids is 2. The quantitative estimate of drug-likeness (QED) is 0.301. The third kappa shape index (κ3) is 4.56. The van der Waals surface area contributed by atoms with Crippen LogP contribution in [0.15, 0.2) is 11.6 Å². The smallest absolute Gasteiger partial charge is 0.335 e. The molecule has 9 heteroatoms. The van der Waals surface area contributed by atoms with Crippen LogP contribution < -0.4 is 0 Å². The van der Waals surface area contributed by atoms with E-state index >= 15 is 0 Å². The topological polar surface area (TPSA) is 151 Å². The zero-order chi connectivity index (χ0) is 33.1. The van der Waals surface area contributed by atoms with Crippen molar-refractivity contribution in [1.82, 2.24) is 0 Å². The van der Waals surface area contributed by atoms with Gasteiger partial charge >= 0.3 is 11.9 Å². The summed E-state index contributed by atoms with van der Waals surface area (Å²) in [6.45, 7) is 15.6. The van der Waals surface area contributed by atoms with E-state index in [2.05, 4.69) is 41.5 Å². The number of rotatable bonds is 4. The number of carboxylic acids is 2. The number of hydrogen-bond donors (Lipinski definition) is 4. The molecule has 0 bridgehead atoms. The molecule has 1 saturated heterocycles. The van der Waals surface area contributed by atoms with Crippen molar-refractivity contribution in [1.29, 1.82) is 0 Å². The minimum Gasteiger partial charge on any atom is -0.481 e. The highest BCUT2D eigenvalue weighted by atomic mass is 16.7. The molecule has 4 N–H and O–H groups in total. The molecular formula is C36H54O9. The van der Waals surface area contributed by atoms with E-state index in [1.165, 1.54) is 5.57 Å². The number of ether oxygens (including phenoxy) is 2. The maximum Gasteiger partial charge on any atom is 0.335 e. The fourth-order valence-electron chi connectivity index (χ4n) is 11.9. The van der Waals surface area contributed by atoms with Crippen LogP contribution in [0.25, 0.3) is 0 Å². The van der Waals surface area contributed by atoms with E-state index in [0.29, 0.717) is 19.3 Å². The molecule has 0 aromatic rings. The number of carboxylic acid groups (broad SMARTS) is 2. The summed E-state index contributed by atoms with van der Waals surface area (Å²) in [6.07, 6.45) is 3.84. The SMILES string of the molecule is CC1(C)[C@@H](O[C@H]2C[C@@H](O)[C@@H](O)[C@@H](C(=O)O)O2)CC[C@]2(C)[C@H]3C(=O)C=C4[C@H]5C[C@@](C)(C(=O)O)CC[C@]5(C)CC[C@@]4(C)[C@]3(C)CC[C@@H]12. The third-order valence-electron chi connectivity index (χ3n) is 15.0. The Hall–Kier alpha value is -1.81. The Morgan fingerprint density at radius 1 is 0.911 bits per heavy atom. The summed E-state index contributed by atoms with van der Waals surface area (Å²) in [5.41, 5.74) is -0.675. The van der Waals surface area contributed by atoms with Gasteiger partial charge in [0.25, 0.3) is 0 Å². The Balaban J connectivity index is 1.30. The molecule has 13 atom stereocenters. The summed E-state index contributed by atoms with van der Waals surface area (Å²) in [5.74, 6) is -1.80. The summed E-state index contributed by atoms with van der Waals surface area (Å²) in [4.78, 5) is 38.6. The largest absolute Gasteiger partial charge is 0.481 e. The van der Waals surface area contributed by atoms with Crippen LogP contribution in [0.1, 0.15) is 113 Å². The van der Waals surface area contributed by atoms with Gasteiger partial charge in [0, 0.05) is 12.3 Å². The van der Waals surface area contributed by atoms with E-state index in [4.69, 9.17) is 9.47 Å². The minimum absolute atomic E-state index is 0.00668. The zero-order valence-electron chi connectivity index (χ0n) is 28.1. The van der Waals surface area contributed by atoms with E-state index < -0.39 is 42.0 Å². The molecule has 252 valence electrons. The Bertz CT molecular complexity index is 1310. The number of fused-ring (bicyclic) bond motifs is 7. The summed E-state index contributed by atoms with van der Waals surface area (Å²) in [7, 11) is 0. The molecule has 5 fully saturated rings. The molecule has 0 amide bonds. The lowest BCUT2D eigenvalue weighted by Crippen LogP contribution is -2.67. The van der Waals surface area contributed by atoms with Crippen LogP contribution in [0, 0.1) is 50.2 Å². The lowest BCUT2D eigenvalue weighted by molar-refractivity contribution is -0.290. The normalized spacial score (nSPS) is 52.4. The minimum atomic E-state index is -1.55. The van der Waals surface area contributed by atoms with Crippen LogP contribution in [0.5, 0.6) is 0 Å². The fraction of sp³-hybridized carbons (Fsp3) is 0.861. The lowest BCUT2D eigenvalue weighted by atomic mass is 9.33. The Morgan fingerprint density at radius 3 is 2.22 bits per heavy atom. The van der Waals surface area contributed by atoms with Gasteiger partial charge in [-0.3, -0.25) is 9.59 Å². The van der Waals surface area contributed by atoms with E-state index in [0.717, 1.165) is 38.5 Å². The van der Waals surface area contributed by atoms with Gasteiger partial charge < -0.3 is 29.9 Å². The monoisotopic (exact) mass is 630 g/mol. The van der Waals surface area contributed by atoms with E-state index in [1.807, 2.05) is 13.0 Å². The molecule has 0 spiro atoms. The van der Waals surface area contributed by atoms with E-state index in [1.54, 1.807) is 0 Å². The van der Waals surface area contributed by atoms with Crippen molar-refractivity contribution in [2.24, 2.45) is 50.2 Å². The van der Waals surface area contributed by atoms with E-state index in [-0.39, 0.29) is 63.1 Å². The van der Waals surface area contributed by atoms with Crippen LogP contribution in [-0.4, -0.2) is 68.9 Å². The molecule has 1 aliphatic heterocycles. The number of carbonyl (C=O) groups is 3. The van der Waals surface area contributed by atoms with Gasteiger partial charge in [-0.2, -0.15) is 0 Å². The summed E-state index contributed by atoms with van der Waals surface area (Å²) in [5, 5.41) is 40.2. The predicted octanol–water partition coefficient (Wildman–Crippen LogP) is 5.36. The van der Waals surface area contributed by atoms with Crippen LogP contribution >= 0.6 is 0 Å². The lowest BCUT2D eigenvalue weighted by Gasteiger charge is -2.70. The maximum atomic E-state index is 14.6. The molecule has 0 radical (unpaired) electrons. The van der Waals surface area contributed by atoms with Crippen molar-refractivity contribution in [3.8, 4) is 0 Å². The van der Waals surface area contributed by atoms with Gasteiger partial charge in [-0.15, -0.1) is 0 Å². The zero-order valence-corrected chi connectivity index (χ0v) is 28.1. The number of hydrogen-bond acceptors (Lipinski definition) is 7. The second-order valence-corrected chi connectivity index (χ2v) is 17.7. The van der Waals surface area contributed by atoms with Crippen molar-refractivity contribution in [3.05, 3.63) is 11.6 Å². The second kappa shape index (κ2) is 10.3. The second-order valence-electron chi connectivity index (χ2n) is 17.7. The molecule has 0 aromatic heterocycles. The first-order valence-corrected chi connectivity index (χ1v) is 17.1. The average molecular weight is 631 g/mol. The van der Waals surface area contributed by atoms with Gasteiger partial charge in [0.15, 0.2) is 18.2 Å². The molecule has 9 nitrogen and oxygen atoms in total. The highest BCUT2D eigenvalue weighted by Crippen LogP contribution is 2.75. The molecule has 6 rings (SSSR count). The molecule has 1 heterocycles. The van der Waals surface area contributed by atoms with Crippen molar-refractivity contribution in [2.75, 3.05) is 0 Å². The number of allylic oxidation sites excluding steroid dienone is 2. The number of aliphatic hydroxyl groups is 2. The third-order valence-corrected chi connectivity index (χ3v) is 15.0. The van der Waals surface area contributed by atoms with E-state index in [9.17, 15) is 34.8 Å². The Kier molecular flexibility index (Phi) is 7.61. The predicted molar refractivity (Wildman–Crippen MR) is 165 cm³/mol. The van der Waals surface area contributed by atoms with Crippen LogP contribution in [-0.2, 0) is 23.9 Å². The summed E-state index contributed by atoms with van der Waals surface area (Å²) in [6, 6.07) is 0. The average Bonchev–Trinajstić information content (AvgIpc) is 2.94. The highest BCUT2D eigenvalue weighted by Gasteiger charge is 2.70. The molecule has 6 aliphatic rings. The fourth-order valence-corrected chi connectivity index (χ4v) is 11.9. The summed E-state index contributed by atoms with van der Waals surface area (Å²) >= 11 is 0. The Morgan fingerprint density at radius 2 is 1.58 bits per heavy atom. The van der Waals surface area contributed by atoms with Gasteiger partial charge in [-0.1, -0.05) is 47.1 Å². The van der Waals surface area contributed by atoms with Gasteiger partial charge in [-0.05, 0) is 110 Å². The standard InChI is InChI=1S/C36H54O9/c1-31(2)23-8-11-36(7)28(34(23,5)10-9-24(31)44-25-17-21(37)26(39)27(45-25)29(40)41)22(38)16-19-20-18-33(4,30(42)43)13-12-32(20,3)14-15-35(19,36)6/h16,20-21,23-28,37,39H,8-15,17-18H2,1-7H3,(H,40,41)(H,42,43)/t20-,21-,23+,24+,25-,26-,27+,28-,32-,33+,34+,35-,36-/m1/s1. The van der Waals surface area contributed by atoms with Crippen LogP contribution in [0.4, 0.5) is 0 Å².